The molecule has 0 aliphatic carbocycles. The first-order chi connectivity index (χ1) is 11.6. The van der Waals surface area contributed by atoms with Crippen LogP contribution in [0.15, 0.2) is 54.6 Å². The number of hydrogen-bond acceptors (Lipinski definition) is 4. The molecular weight excluding hydrogens is 326 g/mol. The summed E-state index contributed by atoms with van der Waals surface area (Å²) in [5, 5.41) is 14.8. The second-order valence-corrected chi connectivity index (χ2v) is 5.51. The third-order valence-electron chi connectivity index (χ3n) is 3.33. The van der Waals surface area contributed by atoms with E-state index < -0.39 is 0 Å². The zero-order chi connectivity index (χ0) is 16.9. The van der Waals surface area contributed by atoms with Crippen LogP contribution in [0.4, 0.5) is 5.69 Å². The molecule has 0 saturated heterocycles. The number of nitrogens with zero attached hydrogens (tertiary/aromatic N) is 4. The van der Waals surface area contributed by atoms with E-state index in [9.17, 15) is 4.79 Å². The maximum Gasteiger partial charge on any atom is 0.248 e. The van der Waals surface area contributed by atoms with Gasteiger partial charge < -0.3 is 5.32 Å². The number of tetrazole rings is 1. The van der Waals surface area contributed by atoms with Gasteiger partial charge in [0.25, 0.3) is 0 Å². The minimum Gasteiger partial charge on any atom is -0.323 e. The lowest BCUT2D eigenvalue weighted by Crippen LogP contribution is -2.07. The molecule has 0 spiro atoms. The molecule has 1 N–H and O–H groups in total. The lowest BCUT2D eigenvalue weighted by molar-refractivity contribution is -0.111. The fraction of sp³-hybridized carbons (Fsp3) is 0.0588. The molecule has 0 aliphatic rings. The van der Waals surface area contributed by atoms with Gasteiger partial charge in [-0.25, -0.2) is 4.68 Å². The monoisotopic (exact) mass is 339 g/mol. The topological polar surface area (TPSA) is 72.7 Å². The highest BCUT2D eigenvalue weighted by atomic mass is 35.5. The van der Waals surface area contributed by atoms with Crippen LogP contribution < -0.4 is 5.32 Å². The standard InChI is InChI=1S/C17H14ClN5O/c1-23-17(20-21-22-23)13-5-9-15(10-6-13)19-16(24)11-4-12-2-7-14(18)8-3-12/h2-11H,1H3,(H,19,24)/b11-4+. The van der Waals surface area contributed by atoms with E-state index in [4.69, 9.17) is 11.6 Å². The summed E-state index contributed by atoms with van der Waals surface area (Å²) < 4.78 is 1.59. The zero-order valence-electron chi connectivity index (χ0n) is 12.8. The number of carbonyl (C=O) groups excluding carboxylic acids is 1. The Morgan fingerprint density at radius 3 is 2.46 bits per heavy atom. The van der Waals surface area contributed by atoms with E-state index in [-0.39, 0.29) is 5.91 Å². The number of benzene rings is 2. The summed E-state index contributed by atoms with van der Waals surface area (Å²) in [7, 11) is 1.77. The molecule has 6 nitrogen and oxygen atoms in total. The Kier molecular flexibility index (Phi) is 4.67. The molecule has 0 fully saturated rings. The molecule has 0 unspecified atom stereocenters. The van der Waals surface area contributed by atoms with Crippen LogP contribution in [0.25, 0.3) is 17.5 Å². The van der Waals surface area contributed by atoms with E-state index in [2.05, 4.69) is 20.8 Å². The Morgan fingerprint density at radius 1 is 1.12 bits per heavy atom. The van der Waals surface area contributed by atoms with Crippen molar-refractivity contribution in [1.82, 2.24) is 20.2 Å². The molecule has 7 heteroatoms. The molecule has 0 atom stereocenters. The van der Waals surface area contributed by atoms with Gasteiger partial charge in [0, 0.05) is 29.4 Å². The van der Waals surface area contributed by atoms with Crippen molar-refractivity contribution in [1.29, 1.82) is 0 Å². The van der Waals surface area contributed by atoms with Crippen molar-refractivity contribution >= 4 is 29.3 Å². The van der Waals surface area contributed by atoms with Gasteiger partial charge in [0.15, 0.2) is 5.82 Å². The van der Waals surface area contributed by atoms with Gasteiger partial charge in [-0.2, -0.15) is 0 Å². The van der Waals surface area contributed by atoms with Crippen LogP contribution in [0, 0.1) is 0 Å². The minimum absolute atomic E-state index is 0.210. The van der Waals surface area contributed by atoms with Crippen LogP contribution >= 0.6 is 11.6 Å². The largest absolute Gasteiger partial charge is 0.323 e. The summed E-state index contributed by atoms with van der Waals surface area (Å²) in [5.74, 6) is 0.452. The van der Waals surface area contributed by atoms with Crippen molar-refractivity contribution in [3.8, 4) is 11.4 Å². The van der Waals surface area contributed by atoms with Crippen LogP contribution in [0.1, 0.15) is 5.56 Å². The van der Waals surface area contributed by atoms with Crippen molar-refractivity contribution in [2.24, 2.45) is 7.05 Å². The Hall–Kier alpha value is -2.99. The molecule has 1 amide bonds. The molecule has 0 radical (unpaired) electrons. The summed E-state index contributed by atoms with van der Waals surface area (Å²) in [4.78, 5) is 12.0. The number of nitrogens with one attached hydrogen (secondary N) is 1. The van der Waals surface area contributed by atoms with Crippen LogP contribution in [0.5, 0.6) is 0 Å². The summed E-state index contributed by atoms with van der Waals surface area (Å²) in [6.45, 7) is 0. The van der Waals surface area contributed by atoms with Gasteiger partial charge in [-0.3, -0.25) is 4.79 Å². The van der Waals surface area contributed by atoms with Gasteiger partial charge in [-0.15, -0.1) is 5.10 Å². The van der Waals surface area contributed by atoms with Gasteiger partial charge in [0.2, 0.25) is 5.91 Å². The number of rotatable bonds is 4. The van der Waals surface area contributed by atoms with Crippen molar-refractivity contribution in [3.05, 3.63) is 65.2 Å². The normalized spacial score (nSPS) is 10.9. The fourth-order valence-electron chi connectivity index (χ4n) is 2.11. The van der Waals surface area contributed by atoms with Crippen LogP contribution in [0.3, 0.4) is 0 Å². The molecule has 0 bridgehead atoms. The van der Waals surface area contributed by atoms with Gasteiger partial charge in [0.05, 0.1) is 0 Å². The van der Waals surface area contributed by atoms with Crippen LogP contribution in [-0.2, 0) is 11.8 Å². The molecule has 0 aliphatic heterocycles. The van der Waals surface area contributed by atoms with Crippen molar-refractivity contribution in [2.75, 3.05) is 5.32 Å². The molecule has 24 heavy (non-hydrogen) atoms. The molecule has 3 rings (SSSR count). The summed E-state index contributed by atoms with van der Waals surface area (Å²) in [5.41, 5.74) is 2.47. The van der Waals surface area contributed by atoms with E-state index in [1.165, 1.54) is 6.08 Å². The Balaban J connectivity index is 1.64. The zero-order valence-corrected chi connectivity index (χ0v) is 13.6. The molecule has 3 aromatic rings. The third-order valence-corrected chi connectivity index (χ3v) is 3.58. The third kappa shape index (κ3) is 3.85. The number of aryl methyl sites for hydroxylation is 1. The van der Waals surface area contributed by atoms with Crippen molar-refractivity contribution in [2.45, 2.75) is 0 Å². The van der Waals surface area contributed by atoms with E-state index in [0.29, 0.717) is 16.5 Å². The molecular formula is C17H14ClN5O. The lowest BCUT2D eigenvalue weighted by Gasteiger charge is -2.04. The van der Waals surface area contributed by atoms with E-state index in [1.807, 2.05) is 24.3 Å². The molecule has 0 saturated carbocycles. The molecule has 1 heterocycles. The Bertz CT molecular complexity index is 869. The van der Waals surface area contributed by atoms with Gasteiger partial charge in [-0.05, 0) is 58.5 Å². The quantitative estimate of drug-likeness (QED) is 0.741. The van der Waals surface area contributed by atoms with E-state index >= 15 is 0 Å². The first-order valence-corrected chi connectivity index (χ1v) is 7.57. The first-order valence-electron chi connectivity index (χ1n) is 7.19. The number of hydrogen-bond donors (Lipinski definition) is 1. The second kappa shape index (κ2) is 7.06. The second-order valence-electron chi connectivity index (χ2n) is 5.08. The summed E-state index contributed by atoms with van der Waals surface area (Å²) in [6.07, 6.45) is 3.20. The minimum atomic E-state index is -0.210. The highest BCUT2D eigenvalue weighted by Crippen LogP contribution is 2.18. The SMILES string of the molecule is Cn1nnnc1-c1ccc(NC(=O)/C=C/c2ccc(Cl)cc2)cc1. The van der Waals surface area contributed by atoms with Crippen LogP contribution in [0.2, 0.25) is 5.02 Å². The van der Waals surface area contributed by atoms with E-state index in [0.717, 1.165) is 11.1 Å². The predicted octanol–water partition coefficient (Wildman–Crippen LogP) is 3.18. The smallest absolute Gasteiger partial charge is 0.248 e. The maximum atomic E-state index is 12.0. The fourth-order valence-corrected chi connectivity index (χ4v) is 2.23. The van der Waals surface area contributed by atoms with Crippen LogP contribution in [-0.4, -0.2) is 26.1 Å². The first kappa shape index (κ1) is 15.9. The Labute approximate surface area is 143 Å². The number of halogens is 1. The Morgan fingerprint density at radius 2 is 1.83 bits per heavy atom. The number of anilines is 1. The predicted molar refractivity (Wildman–Crippen MR) is 93.3 cm³/mol. The number of amides is 1. The van der Waals surface area contributed by atoms with Gasteiger partial charge in [0.1, 0.15) is 0 Å². The lowest BCUT2D eigenvalue weighted by atomic mass is 10.2. The molecule has 120 valence electrons. The average molecular weight is 340 g/mol. The summed E-state index contributed by atoms with van der Waals surface area (Å²) in [6, 6.07) is 14.6. The van der Waals surface area contributed by atoms with Crippen molar-refractivity contribution < 1.29 is 4.79 Å². The van der Waals surface area contributed by atoms with Gasteiger partial charge in [-0.1, -0.05) is 23.7 Å². The van der Waals surface area contributed by atoms with Crippen molar-refractivity contribution in [3.63, 3.8) is 0 Å². The maximum absolute atomic E-state index is 12.0. The highest BCUT2D eigenvalue weighted by Gasteiger charge is 2.05. The highest BCUT2D eigenvalue weighted by molar-refractivity contribution is 6.30. The number of carbonyl (C=O) groups is 1. The molecule has 2 aromatic carbocycles. The average Bonchev–Trinajstić information content (AvgIpc) is 3.01. The number of aromatic nitrogens is 4. The summed E-state index contributed by atoms with van der Waals surface area (Å²) >= 11 is 5.82. The molecule has 1 aromatic heterocycles. The van der Waals surface area contributed by atoms with Gasteiger partial charge >= 0.3 is 0 Å². The van der Waals surface area contributed by atoms with E-state index in [1.54, 1.807) is 42.1 Å².